The van der Waals surface area contributed by atoms with Gasteiger partial charge < -0.3 is 85.9 Å². The van der Waals surface area contributed by atoms with Gasteiger partial charge in [0.05, 0.1) is 0 Å². The van der Waals surface area contributed by atoms with Gasteiger partial charge in [-0.25, -0.2) is 0 Å². The number of nitrogens with one attached hydrogen (secondary N) is 2. The Hall–Kier alpha value is -7.04. The molecule has 0 heterocycles. The minimum absolute atomic E-state index is 0.0239. The highest BCUT2D eigenvalue weighted by Crippen LogP contribution is 2.12. The van der Waals surface area contributed by atoms with Crippen molar-refractivity contribution in [3.8, 4) is 0 Å². The number of nitrogens with zero attached hydrogens (tertiary/aromatic N) is 7. The Kier molecular flexibility index (Phi) is 52.4. The predicted molar refractivity (Wildman–Crippen MR) is 381 cm³/mol. The van der Waals surface area contributed by atoms with Crippen LogP contribution in [0.25, 0.3) is 0 Å². The second kappa shape index (κ2) is 57.6. The molecule has 1 aromatic rings. The Morgan fingerprint density at radius 1 is 0.240 bits per heavy atom. The summed E-state index contributed by atoms with van der Waals surface area (Å²) >= 11 is 0. The normalized spacial score (nSPS) is 11.2. The Morgan fingerprint density at radius 2 is 0.450 bits per heavy atom. The molecule has 0 saturated carbocycles. The molecule has 0 aliphatic heterocycles. The van der Waals surface area contributed by atoms with Crippen LogP contribution in [0.1, 0.15) is 147 Å². The van der Waals surface area contributed by atoms with Crippen LogP contribution < -0.4 is 56.5 Å². The third-order valence-corrected chi connectivity index (χ3v) is 16.7. The van der Waals surface area contributed by atoms with Crippen LogP contribution in [0.15, 0.2) is 30.3 Å². The smallest absolute Gasteiger partial charge is 0.223 e. The lowest BCUT2D eigenvalue weighted by atomic mass is 10.1. The lowest BCUT2D eigenvalue weighted by molar-refractivity contribution is -0.135. The molecular formula is C69H121N17O14. The summed E-state index contributed by atoms with van der Waals surface area (Å²) in [4.78, 5) is 194. The molecule has 0 saturated heterocycles. The van der Waals surface area contributed by atoms with E-state index >= 15 is 0 Å². The third kappa shape index (κ3) is 45.7. The first-order valence-electron chi connectivity index (χ1n) is 35.6. The van der Waals surface area contributed by atoms with Gasteiger partial charge in [-0.05, 0) is 57.9 Å². The summed E-state index contributed by atoms with van der Waals surface area (Å²) in [5.41, 5.74) is 45.7. The van der Waals surface area contributed by atoms with Gasteiger partial charge in [0.25, 0.3) is 0 Å². The van der Waals surface area contributed by atoms with E-state index < -0.39 is 0 Å². The minimum atomic E-state index is -0.332. The largest absolute Gasteiger partial charge is 0.355 e. The van der Waals surface area contributed by atoms with Crippen molar-refractivity contribution >= 4 is 81.7 Å². The number of carbonyl (C=O) groups excluding carboxylic acids is 14. The number of hydrogen-bond acceptors (Lipinski definition) is 25. The van der Waals surface area contributed by atoms with Crippen molar-refractivity contribution in [3.63, 3.8) is 0 Å². The fourth-order valence-electron chi connectivity index (χ4n) is 10.6. The molecule has 0 atom stereocenters. The van der Waals surface area contributed by atoms with Gasteiger partial charge in [-0.15, -0.1) is 0 Å². The Balaban J connectivity index is 3.40. The first kappa shape index (κ1) is 91.0. The molecular weight excluding hydrogens is 1290 g/mol. The van der Waals surface area contributed by atoms with Crippen molar-refractivity contribution in [1.82, 2.24) is 44.9 Å². The number of benzene rings is 1. The fourth-order valence-corrected chi connectivity index (χ4v) is 10.6. The molecule has 6 amide bonds. The van der Waals surface area contributed by atoms with Crippen LogP contribution in [0.2, 0.25) is 0 Å². The topological polar surface area (TPSA) is 494 Å². The van der Waals surface area contributed by atoms with Gasteiger partial charge in [-0.1, -0.05) is 30.3 Å². The molecule has 100 heavy (non-hydrogen) atoms. The quantitative estimate of drug-likeness (QED) is 0.0321. The van der Waals surface area contributed by atoms with Crippen molar-refractivity contribution in [2.75, 3.05) is 170 Å². The van der Waals surface area contributed by atoms with E-state index in [1.807, 2.05) is 45.0 Å². The number of carbonyl (C=O) groups is 14. The van der Waals surface area contributed by atoms with Gasteiger partial charge in [-0.3, -0.25) is 72.0 Å². The number of ketones is 8. The predicted octanol–water partition coefficient (Wildman–Crippen LogP) is -2.56. The first-order chi connectivity index (χ1) is 48.0. The molecule has 566 valence electrons. The number of Topliss-reactive ketones (excluding diaryl/α,β-unsaturated/α-hetero) is 8. The minimum Gasteiger partial charge on any atom is -0.355 e. The molecule has 18 N–H and O–H groups in total. The van der Waals surface area contributed by atoms with E-state index in [-0.39, 0.29) is 393 Å². The number of nitrogens with two attached hydrogens (primary N) is 8. The molecule has 31 nitrogen and oxygen atoms in total. The summed E-state index contributed by atoms with van der Waals surface area (Å²) < 4.78 is 0. The summed E-state index contributed by atoms with van der Waals surface area (Å²) in [6, 6.07) is 9.48. The van der Waals surface area contributed by atoms with Crippen LogP contribution in [0.3, 0.4) is 0 Å². The summed E-state index contributed by atoms with van der Waals surface area (Å²) in [7, 11) is 0. The van der Waals surface area contributed by atoms with Crippen LogP contribution in [-0.4, -0.2) is 286 Å². The molecule has 0 radical (unpaired) electrons. The number of amides is 6. The molecule has 0 unspecified atom stereocenters. The summed E-state index contributed by atoms with van der Waals surface area (Å²) in [6.45, 7) is 3.73. The third-order valence-electron chi connectivity index (χ3n) is 16.7. The van der Waals surface area contributed by atoms with E-state index in [1.165, 1.54) is 19.6 Å². The molecule has 0 fully saturated rings. The van der Waals surface area contributed by atoms with Crippen molar-refractivity contribution < 1.29 is 67.1 Å². The fraction of sp³-hybridized carbons (Fsp3) is 0.710. The SMILES string of the molecule is NCCC(=O)CCN(CCC(=O)CCN)C(=O)CCN(CCNC(=O)CCN(CCC(=O)NCCN(CCC(=O)N(CCC(=O)CCN)CCC(=O)CCN)CCC(=O)N(CCC(=O)CCN)CCC(=O)CCN)Cc1ccccc1)CCC(=O)N(CCC(=O)CCN)CCC(=O)CCN. The molecule has 0 aromatic heterocycles. The van der Waals surface area contributed by atoms with Crippen LogP contribution >= 0.6 is 0 Å². The average Bonchev–Trinajstić information content (AvgIpc) is 1.10. The van der Waals surface area contributed by atoms with Crippen molar-refractivity contribution in [3.05, 3.63) is 35.9 Å². The van der Waals surface area contributed by atoms with E-state index in [0.717, 1.165) is 5.56 Å². The second-order valence-corrected chi connectivity index (χ2v) is 24.8. The Bertz CT molecular complexity index is 2270. The molecule has 0 aliphatic carbocycles. The van der Waals surface area contributed by atoms with Gasteiger partial charge in [0.15, 0.2) is 0 Å². The lowest BCUT2D eigenvalue weighted by Gasteiger charge is -2.27. The van der Waals surface area contributed by atoms with Crippen LogP contribution in [0.4, 0.5) is 0 Å². The summed E-state index contributed by atoms with van der Waals surface area (Å²) in [5, 5.41) is 5.90. The zero-order valence-corrected chi connectivity index (χ0v) is 59.5. The van der Waals surface area contributed by atoms with E-state index in [1.54, 1.807) is 0 Å². The molecule has 0 aliphatic rings. The maximum Gasteiger partial charge on any atom is 0.223 e. The standard InChI is InChI=1S/C69H121N17O14/c70-28-6-56(87)14-44-83(45-15-57(88)7-29-71)66(97)24-40-80(41-25-67(98)84(46-16-58(89)8-30-72)47-17-59(90)9-31-73)52-36-78-64(95)22-38-82(54-55-4-2-1-3-5-55)39-23-65(96)79-37-53-81(42-26-68(99)85(48-18-60(91)10-32-74)49-19-61(92)11-33-75)43-27-69(100)86(50-20-62(93)12-34-76)51-21-63(94)13-35-77/h1-5H,6-54,70-77H2,(H,78,95)(H,79,96). The zero-order valence-electron chi connectivity index (χ0n) is 59.5. The number of hydrogen-bond donors (Lipinski definition) is 10. The van der Waals surface area contributed by atoms with Crippen molar-refractivity contribution in [1.29, 1.82) is 0 Å². The van der Waals surface area contributed by atoms with E-state index in [9.17, 15) is 67.1 Å². The van der Waals surface area contributed by atoms with Gasteiger partial charge in [0, 0.05) is 266 Å². The molecule has 0 bridgehead atoms. The molecule has 31 heteroatoms. The van der Waals surface area contributed by atoms with Crippen molar-refractivity contribution in [2.45, 2.75) is 148 Å². The highest BCUT2D eigenvalue weighted by Gasteiger charge is 2.25. The summed E-state index contributed by atoms with van der Waals surface area (Å²) in [6.07, 6.45) is 1.23. The highest BCUT2D eigenvalue weighted by molar-refractivity contribution is 5.86. The van der Waals surface area contributed by atoms with Gasteiger partial charge in [0.2, 0.25) is 35.4 Å². The monoisotopic (exact) mass is 1410 g/mol. The van der Waals surface area contributed by atoms with Crippen LogP contribution in [0, 0.1) is 0 Å². The molecule has 0 spiro atoms. The van der Waals surface area contributed by atoms with Crippen LogP contribution in [0.5, 0.6) is 0 Å². The van der Waals surface area contributed by atoms with E-state index in [2.05, 4.69) is 10.6 Å². The molecule has 1 rings (SSSR count). The second-order valence-electron chi connectivity index (χ2n) is 24.8. The summed E-state index contributed by atoms with van der Waals surface area (Å²) in [5.74, 6) is -3.03. The zero-order chi connectivity index (χ0) is 74.3. The van der Waals surface area contributed by atoms with Gasteiger partial charge in [-0.2, -0.15) is 0 Å². The lowest BCUT2D eigenvalue weighted by Crippen LogP contribution is -2.42. The Labute approximate surface area is 591 Å². The van der Waals surface area contributed by atoms with E-state index in [4.69, 9.17) is 45.9 Å². The van der Waals surface area contributed by atoms with E-state index in [0.29, 0.717) is 6.54 Å². The first-order valence-corrected chi connectivity index (χ1v) is 35.6. The average molecular weight is 1410 g/mol. The highest BCUT2D eigenvalue weighted by atomic mass is 16.2. The van der Waals surface area contributed by atoms with Crippen LogP contribution in [-0.2, 0) is 73.7 Å². The number of rotatable bonds is 66. The van der Waals surface area contributed by atoms with Gasteiger partial charge in [0.1, 0.15) is 46.3 Å². The van der Waals surface area contributed by atoms with Crippen molar-refractivity contribution in [2.24, 2.45) is 45.9 Å². The molecule has 1 aromatic carbocycles. The maximum atomic E-state index is 13.9. The Morgan fingerprint density at radius 3 is 0.660 bits per heavy atom. The van der Waals surface area contributed by atoms with Gasteiger partial charge >= 0.3 is 0 Å². The maximum absolute atomic E-state index is 13.9.